The van der Waals surface area contributed by atoms with Crippen LogP contribution >= 0.6 is 38.5 Å². The number of rotatable bonds is 4. The second kappa shape index (κ2) is 6.97. The molecule has 0 bridgehead atoms. The van der Waals surface area contributed by atoms with E-state index in [1.54, 1.807) is 30.3 Å². The largest absolute Gasteiger partial charge is 0.465 e. The van der Waals surface area contributed by atoms with Gasteiger partial charge in [0.25, 0.3) is 10.0 Å². The zero-order valence-corrected chi connectivity index (χ0v) is 15.9. The number of carbonyl (C=O) groups is 1. The molecule has 0 spiro atoms. The second-order valence-electron chi connectivity index (χ2n) is 4.22. The molecule has 0 amide bonds. The lowest BCUT2D eigenvalue weighted by Crippen LogP contribution is -2.18. The predicted octanol–water partition coefficient (Wildman–Crippen LogP) is 3.64. The van der Waals surface area contributed by atoms with Gasteiger partial charge in [-0.2, -0.15) is 0 Å². The minimum Gasteiger partial charge on any atom is -0.465 e. The first-order valence-corrected chi connectivity index (χ1v) is 9.36. The summed E-state index contributed by atoms with van der Waals surface area (Å²) in [4.78, 5) is 11.7. The third-order valence-corrected chi connectivity index (χ3v) is 5.61. The fourth-order valence-corrected chi connectivity index (χ4v) is 4.07. The first-order valence-electron chi connectivity index (χ1n) is 6.00. The van der Waals surface area contributed by atoms with Crippen LogP contribution in [0.5, 0.6) is 0 Å². The van der Waals surface area contributed by atoms with E-state index in [1.165, 1.54) is 19.2 Å². The summed E-state index contributed by atoms with van der Waals surface area (Å²) in [6, 6.07) is 11.3. The molecule has 0 fully saturated rings. The van der Waals surface area contributed by atoms with Crippen LogP contribution in [0.15, 0.2) is 51.8 Å². The van der Waals surface area contributed by atoms with Crippen molar-refractivity contribution in [3.63, 3.8) is 0 Å². The van der Waals surface area contributed by atoms with Gasteiger partial charge >= 0.3 is 5.97 Å². The number of esters is 1. The van der Waals surface area contributed by atoms with Gasteiger partial charge in [0.2, 0.25) is 0 Å². The van der Waals surface area contributed by atoms with Gasteiger partial charge < -0.3 is 4.74 Å². The number of ether oxygens (including phenoxy) is 1. The number of hydrogen-bond donors (Lipinski definition) is 1. The molecule has 1 N–H and O–H groups in total. The van der Waals surface area contributed by atoms with Gasteiger partial charge in [0.1, 0.15) is 4.90 Å². The van der Waals surface area contributed by atoms with Crippen molar-refractivity contribution in [3.8, 4) is 0 Å². The van der Waals surface area contributed by atoms with E-state index in [1.807, 2.05) is 22.6 Å². The maximum atomic E-state index is 12.6. The molecule has 116 valence electrons. The molecule has 2 rings (SSSR count). The molecule has 5 nitrogen and oxygen atoms in total. The first kappa shape index (κ1) is 17.2. The van der Waals surface area contributed by atoms with Gasteiger partial charge in [-0.1, -0.05) is 28.1 Å². The Bertz CT molecular complexity index is 823. The van der Waals surface area contributed by atoms with Gasteiger partial charge in [-0.25, -0.2) is 13.2 Å². The average molecular weight is 496 g/mol. The topological polar surface area (TPSA) is 72.5 Å². The molecule has 0 aliphatic rings. The van der Waals surface area contributed by atoms with E-state index in [-0.39, 0.29) is 10.5 Å². The van der Waals surface area contributed by atoms with Crippen LogP contribution < -0.4 is 4.72 Å². The second-order valence-corrected chi connectivity index (χ2v) is 7.95. The minimum absolute atomic E-state index is 0.0321. The highest BCUT2D eigenvalue weighted by Gasteiger charge is 2.24. The number of methoxy groups -OCH3 is 1. The number of halogens is 2. The number of sulfonamides is 1. The standard InChI is InChI=1S/C14H11BrINO4S/c1-21-14(18)10-8-9(15)6-7-13(10)22(19,20)17-12-5-3-2-4-11(12)16/h2-8,17H,1H3. The van der Waals surface area contributed by atoms with Gasteiger partial charge in [-0.3, -0.25) is 4.72 Å². The lowest BCUT2D eigenvalue weighted by atomic mass is 10.2. The summed E-state index contributed by atoms with van der Waals surface area (Å²) in [5, 5.41) is 0. The number of hydrogen-bond acceptors (Lipinski definition) is 4. The molecular formula is C14H11BrINO4S. The van der Waals surface area contributed by atoms with Crippen molar-refractivity contribution in [2.75, 3.05) is 11.8 Å². The molecule has 0 atom stereocenters. The zero-order valence-electron chi connectivity index (χ0n) is 11.3. The molecule has 0 saturated heterocycles. The Morgan fingerprint density at radius 1 is 1.23 bits per heavy atom. The van der Waals surface area contributed by atoms with Gasteiger partial charge in [-0.15, -0.1) is 0 Å². The molecule has 22 heavy (non-hydrogen) atoms. The van der Waals surface area contributed by atoms with Gasteiger partial charge in [0.15, 0.2) is 0 Å². The molecule has 0 aliphatic heterocycles. The number of para-hydroxylation sites is 1. The Balaban J connectivity index is 2.50. The van der Waals surface area contributed by atoms with Crippen molar-refractivity contribution in [2.24, 2.45) is 0 Å². The molecule has 0 saturated carbocycles. The highest BCUT2D eigenvalue weighted by molar-refractivity contribution is 14.1. The highest BCUT2D eigenvalue weighted by Crippen LogP contribution is 2.25. The summed E-state index contributed by atoms with van der Waals surface area (Å²) in [7, 11) is -2.71. The number of carbonyl (C=O) groups excluding carboxylic acids is 1. The van der Waals surface area contributed by atoms with Crippen LogP contribution in [0.3, 0.4) is 0 Å². The highest BCUT2D eigenvalue weighted by atomic mass is 127. The third kappa shape index (κ3) is 3.79. The minimum atomic E-state index is -3.91. The molecule has 8 heteroatoms. The van der Waals surface area contributed by atoms with Crippen LogP contribution in [-0.2, 0) is 14.8 Å². The Hall–Kier alpha value is -1.13. The lowest BCUT2D eigenvalue weighted by molar-refractivity contribution is 0.0596. The van der Waals surface area contributed by atoms with E-state index in [2.05, 4.69) is 25.4 Å². The summed E-state index contributed by atoms with van der Waals surface area (Å²) >= 11 is 5.24. The molecule has 2 aromatic carbocycles. The normalized spacial score (nSPS) is 11.0. The van der Waals surface area contributed by atoms with Crippen LogP contribution in [0.2, 0.25) is 0 Å². The molecule has 2 aromatic rings. The molecule has 0 radical (unpaired) electrons. The average Bonchev–Trinajstić information content (AvgIpc) is 2.48. The summed E-state index contributed by atoms with van der Waals surface area (Å²) in [6.45, 7) is 0. The maximum Gasteiger partial charge on any atom is 0.339 e. The lowest BCUT2D eigenvalue weighted by Gasteiger charge is -2.12. The van der Waals surface area contributed by atoms with Crippen LogP contribution in [0.25, 0.3) is 0 Å². The fourth-order valence-electron chi connectivity index (χ4n) is 1.75. The van der Waals surface area contributed by atoms with E-state index < -0.39 is 16.0 Å². The summed E-state index contributed by atoms with van der Waals surface area (Å²) in [6.07, 6.45) is 0. The van der Waals surface area contributed by atoms with Crippen molar-refractivity contribution >= 4 is 60.2 Å². The predicted molar refractivity (Wildman–Crippen MR) is 95.4 cm³/mol. The first-order chi connectivity index (χ1) is 10.3. The quantitative estimate of drug-likeness (QED) is 0.519. The Morgan fingerprint density at radius 2 is 1.91 bits per heavy atom. The molecule has 0 unspecified atom stereocenters. The Kier molecular flexibility index (Phi) is 5.45. The van der Waals surface area contributed by atoms with Crippen LogP contribution in [-0.4, -0.2) is 21.5 Å². The monoisotopic (exact) mass is 495 g/mol. The maximum absolute atomic E-state index is 12.6. The van der Waals surface area contributed by atoms with E-state index >= 15 is 0 Å². The number of anilines is 1. The van der Waals surface area contributed by atoms with E-state index in [0.29, 0.717) is 10.2 Å². The summed E-state index contributed by atoms with van der Waals surface area (Å²) in [5.41, 5.74) is 0.414. The van der Waals surface area contributed by atoms with E-state index in [0.717, 1.165) is 3.57 Å². The van der Waals surface area contributed by atoms with E-state index in [4.69, 9.17) is 0 Å². The van der Waals surface area contributed by atoms with Crippen molar-refractivity contribution in [2.45, 2.75) is 4.90 Å². The Labute approximate surface area is 150 Å². The van der Waals surface area contributed by atoms with Crippen molar-refractivity contribution in [1.29, 1.82) is 0 Å². The zero-order chi connectivity index (χ0) is 16.3. The fraction of sp³-hybridized carbons (Fsp3) is 0.0714. The van der Waals surface area contributed by atoms with Crippen LogP contribution in [0.1, 0.15) is 10.4 Å². The number of benzene rings is 2. The van der Waals surface area contributed by atoms with Gasteiger partial charge in [0, 0.05) is 8.04 Å². The third-order valence-electron chi connectivity index (χ3n) is 2.75. The van der Waals surface area contributed by atoms with Gasteiger partial charge in [-0.05, 0) is 52.9 Å². The van der Waals surface area contributed by atoms with Crippen LogP contribution in [0, 0.1) is 3.57 Å². The molecule has 0 aliphatic carbocycles. The summed E-state index contributed by atoms with van der Waals surface area (Å²) < 4.78 is 33.6. The SMILES string of the molecule is COC(=O)c1cc(Br)ccc1S(=O)(=O)Nc1ccccc1I. The molecular weight excluding hydrogens is 485 g/mol. The van der Waals surface area contributed by atoms with Crippen molar-refractivity contribution in [3.05, 3.63) is 56.1 Å². The van der Waals surface area contributed by atoms with E-state index in [9.17, 15) is 13.2 Å². The van der Waals surface area contributed by atoms with Crippen molar-refractivity contribution < 1.29 is 17.9 Å². The Morgan fingerprint density at radius 3 is 2.55 bits per heavy atom. The van der Waals surface area contributed by atoms with Crippen LogP contribution in [0.4, 0.5) is 5.69 Å². The smallest absolute Gasteiger partial charge is 0.339 e. The van der Waals surface area contributed by atoms with Crippen molar-refractivity contribution in [1.82, 2.24) is 0 Å². The molecule has 0 heterocycles. The summed E-state index contributed by atoms with van der Waals surface area (Å²) in [5.74, 6) is -0.718. The number of nitrogens with one attached hydrogen (secondary N) is 1. The van der Waals surface area contributed by atoms with Gasteiger partial charge in [0.05, 0.1) is 18.4 Å². The molecule has 0 aromatic heterocycles.